The Morgan fingerprint density at radius 2 is 1.94 bits per heavy atom. The highest BCUT2D eigenvalue weighted by atomic mass is 32.2. The summed E-state index contributed by atoms with van der Waals surface area (Å²) in [6.45, 7) is 9.35. The van der Waals surface area contributed by atoms with Crippen LogP contribution in [0.3, 0.4) is 0 Å². The molecular weight excluding hydrogens is 240 g/mol. The van der Waals surface area contributed by atoms with Crippen LogP contribution in [0.15, 0.2) is 4.99 Å². The molecule has 0 amide bonds. The SMILES string of the molecule is CCC1(C)CCSC(=NC2CC(C)CC(C)C2)N1. The second-order valence-electron chi connectivity index (χ2n) is 6.64. The molecule has 0 aromatic heterocycles. The van der Waals surface area contributed by atoms with Gasteiger partial charge in [-0.15, -0.1) is 0 Å². The molecule has 0 radical (unpaired) electrons. The topological polar surface area (TPSA) is 24.4 Å². The van der Waals surface area contributed by atoms with Crippen LogP contribution in [0.1, 0.15) is 59.8 Å². The van der Waals surface area contributed by atoms with Crippen LogP contribution in [0.4, 0.5) is 0 Å². The number of rotatable bonds is 2. The van der Waals surface area contributed by atoms with Crippen molar-refractivity contribution >= 4 is 16.9 Å². The largest absolute Gasteiger partial charge is 0.360 e. The fourth-order valence-corrected chi connectivity index (χ4v) is 4.53. The summed E-state index contributed by atoms with van der Waals surface area (Å²) >= 11 is 1.92. The van der Waals surface area contributed by atoms with E-state index in [1.54, 1.807) is 0 Å². The summed E-state index contributed by atoms with van der Waals surface area (Å²) in [6, 6.07) is 0.554. The Morgan fingerprint density at radius 1 is 1.28 bits per heavy atom. The predicted octanol–water partition coefficient (Wildman–Crippen LogP) is 4.06. The zero-order chi connectivity index (χ0) is 13.2. The van der Waals surface area contributed by atoms with Gasteiger partial charge in [-0.25, -0.2) is 0 Å². The smallest absolute Gasteiger partial charge is 0.157 e. The molecule has 2 rings (SSSR count). The summed E-state index contributed by atoms with van der Waals surface area (Å²) in [5.74, 6) is 2.90. The predicted molar refractivity (Wildman–Crippen MR) is 82.3 cm³/mol. The van der Waals surface area contributed by atoms with Gasteiger partial charge in [0.15, 0.2) is 5.17 Å². The average Bonchev–Trinajstić information content (AvgIpc) is 2.27. The maximum Gasteiger partial charge on any atom is 0.157 e. The van der Waals surface area contributed by atoms with Crippen LogP contribution in [0.5, 0.6) is 0 Å². The van der Waals surface area contributed by atoms with Gasteiger partial charge < -0.3 is 5.32 Å². The van der Waals surface area contributed by atoms with Crippen LogP contribution in [0.25, 0.3) is 0 Å². The fraction of sp³-hybridized carbons (Fsp3) is 0.933. The van der Waals surface area contributed by atoms with Crippen molar-refractivity contribution in [3.05, 3.63) is 0 Å². The number of nitrogens with zero attached hydrogens (tertiary/aromatic N) is 1. The summed E-state index contributed by atoms with van der Waals surface area (Å²) in [5.41, 5.74) is 0.274. The van der Waals surface area contributed by atoms with Gasteiger partial charge >= 0.3 is 0 Å². The quantitative estimate of drug-likeness (QED) is 0.816. The Bertz CT molecular complexity index is 306. The number of hydrogen-bond donors (Lipinski definition) is 1. The molecule has 3 heteroatoms. The molecule has 1 saturated carbocycles. The van der Waals surface area contributed by atoms with E-state index in [0.29, 0.717) is 6.04 Å². The lowest BCUT2D eigenvalue weighted by atomic mass is 9.81. The Kier molecular flexibility index (Phi) is 4.63. The van der Waals surface area contributed by atoms with Gasteiger partial charge in [-0.05, 0) is 50.9 Å². The van der Waals surface area contributed by atoms with Gasteiger partial charge in [0.05, 0.1) is 6.04 Å². The molecule has 2 nitrogen and oxygen atoms in total. The molecule has 0 spiro atoms. The minimum atomic E-state index is 0.274. The van der Waals surface area contributed by atoms with Crippen molar-refractivity contribution < 1.29 is 0 Å². The van der Waals surface area contributed by atoms with Crippen molar-refractivity contribution in [2.75, 3.05) is 5.75 Å². The van der Waals surface area contributed by atoms with Crippen LogP contribution in [0, 0.1) is 11.8 Å². The number of nitrogens with one attached hydrogen (secondary N) is 1. The van der Waals surface area contributed by atoms with E-state index in [1.807, 2.05) is 11.8 Å². The summed E-state index contributed by atoms with van der Waals surface area (Å²) < 4.78 is 0. The van der Waals surface area contributed by atoms with Crippen molar-refractivity contribution in [2.45, 2.75) is 71.4 Å². The van der Waals surface area contributed by atoms with Crippen LogP contribution in [0.2, 0.25) is 0 Å². The van der Waals surface area contributed by atoms with Gasteiger partial charge in [-0.2, -0.15) is 0 Å². The van der Waals surface area contributed by atoms with Gasteiger partial charge in [0.25, 0.3) is 0 Å². The van der Waals surface area contributed by atoms with E-state index in [0.717, 1.165) is 11.8 Å². The maximum absolute atomic E-state index is 5.01. The number of aliphatic imine (C=N–C) groups is 1. The molecule has 1 saturated heterocycles. The van der Waals surface area contributed by atoms with Crippen molar-refractivity contribution in [3.63, 3.8) is 0 Å². The van der Waals surface area contributed by atoms with E-state index >= 15 is 0 Å². The first kappa shape index (κ1) is 14.2. The molecule has 3 unspecified atom stereocenters. The molecular formula is C15H28N2S. The normalized spacial score (nSPS) is 43.8. The molecule has 1 N–H and O–H groups in total. The van der Waals surface area contributed by atoms with Gasteiger partial charge in [0, 0.05) is 11.3 Å². The zero-order valence-corrected chi connectivity index (χ0v) is 13.1. The molecule has 3 atom stereocenters. The third-order valence-corrected chi connectivity index (χ3v) is 5.42. The molecule has 0 aromatic rings. The molecule has 18 heavy (non-hydrogen) atoms. The fourth-order valence-electron chi connectivity index (χ4n) is 3.24. The number of hydrogen-bond acceptors (Lipinski definition) is 2. The molecule has 1 aliphatic carbocycles. The molecule has 0 bridgehead atoms. The highest BCUT2D eigenvalue weighted by molar-refractivity contribution is 8.13. The van der Waals surface area contributed by atoms with Gasteiger partial charge in [0.2, 0.25) is 0 Å². The summed E-state index contributed by atoms with van der Waals surface area (Å²) in [4.78, 5) is 5.01. The lowest BCUT2D eigenvalue weighted by Gasteiger charge is -2.36. The highest BCUT2D eigenvalue weighted by Gasteiger charge is 2.29. The summed E-state index contributed by atoms with van der Waals surface area (Å²) in [6.07, 6.45) is 6.38. The van der Waals surface area contributed by atoms with E-state index in [9.17, 15) is 0 Å². The van der Waals surface area contributed by atoms with Crippen molar-refractivity contribution in [2.24, 2.45) is 16.8 Å². The third kappa shape index (κ3) is 3.66. The van der Waals surface area contributed by atoms with Gasteiger partial charge in [-0.1, -0.05) is 32.5 Å². The number of amidine groups is 1. The maximum atomic E-state index is 5.01. The van der Waals surface area contributed by atoms with Crippen molar-refractivity contribution in [1.29, 1.82) is 0 Å². The zero-order valence-electron chi connectivity index (χ0n) is 12.3. The first-order valence-corrected chi connectivity index (χ1v) is 8.48. The van der Waals surface area contributed by atoms with E-state index in [2.05, 4.69) is 33.0 Å². The second kappa shape index (κ2) is 5.85. The molecule has 2 aliphatic rings. The Hall–Kier alpha value is -0.180. The molecule has 1 heterocycles. The van der Waals surface area contributed by atoms with Crippen LogP contribution >= 0.6 is 11.8 Å². The summed E-state index contributed by atoms with van der Waals surface area (Å²) in [5, 5.41) is 4.87. The minimum Gasteiger partial charge on any atom is -0.360 e. The second-order valence-corrected chi connectivity index (χ2v) is 7.73. The van der Waals surface area contributed by atoms with E-state index in [-0.39, 0.29) is 5.54 Å². The van der Waals surface area contributed by atoms with Crippen LogP contribution < -0.4 is 5.32 Å². The van der Waals surface area contributed by atoms with E-state index in [1.165, 1.54) is 43.0 Å². The molecule has 2 fully saturated rings. The summed E-state index contributed by atoms with van der Waals surface area (Å²) in [7, 11) is 0. The van der Waals surface area contributed by atoms with Crippen LogP contribution in [-0.4, -0.2) is 22.5 Å². The number of thioether (sulfide) groups is 1. The Balaban J connectivity index is 1.99. The monoisotopic (exact) mass is 268 g/mol. The van der Waals surface area contributed by atoms with Gasteiger partial charge in [-0.3, -0.25) is 4.99 Å². The van der Waals surface area contributed by atoms with Crippen molar-refractivity contribution in [1.82, 2.24) is 5.32 Å². The highest BCUT2D eigenvalue weighted by Crippen LogP contribution is 2.32. The van der Waals surface area contributed by atoms with E-state index < -0.39 is 0 Å². The first-order valence-electron chi connectivity index (χ1n) is 7.49. The average molecular weight is 268 g/mol. The lowest BCUT2D eigenvalue weighted by Crippen LogP contribution is -2.48. The van der Waals surface area contributed by atoms with E-state index in [4.69, 9.17) is 4.99 Å². The lowest BCUT2D eigenvalue weighted by molar-refractivity contribution is 0.270. The minimum absolute atomic E-state index is 0.274. The van der Waals surface area contributed by atoms with Gasteiger partial charge in [0.1, 0.15) is 0 Å². The molecule has 104 valence electrons. The molecule has 0 aromatic carbocycles. The Labute approximate surface area is 116 Å². The van der Waals surface area contributed by atoms with Crippen LogP contribution in [-0.2, 0) is 0 Å². The molecule has 1 aliphatic heterocycles. The Morgan fingerprint density at radius 3 is 2.56 bits per heavy atom. The first-order chi connectivity index (χ1) is 8.50. The third-order valence-electron chi connectivity index (χ3n) is 4.54. The van der Waals surface area contributed by atoms with Crippen molar-refractivity contribution in [3.8, 4) is 0 Å². The standard InChI is InChI=1S/C15H28N2S/c1-5-15(4)6-7-18-14(17-15)16-13-9-11(2)8-12(3)10-13/h11-13H,5-10H2,1-4H3,(H,16,17).